The zero-order valence-electron chi connectivity index (χ0n) is 12.3. The van der Waals surface area contributed by atoms with Crippen molar-refractivity contribution in [1.29, 1.82) is 0 Å². The Kier molecular flexibility index (Phi) is 4.17. The number of imide groups is 1. The Labute approximate surface area is 147 Å². The molecule has 2 aromatic carbocycles. The third-order valence-corrected chi connectivity index (χ3v) is 5.08. The van der Waals surface area contributed by atoms with E-state index in [1.165, 1.54) is 4.90 Å². The molecule has 0 radical (unpaired) electrons. The molecular formula is C17H14BrClN2O2. The smallest absolute Gasteiger partial charge is 0.319 e. The van der Waals surface area contributed by atoms with Crippen LogP contribution in [0.1, 0.15) is 18.1 Å². The normalized spacial score (nSPS) is 20.7. The highest BCUT2D eigenvalue weighted by atomic mass is 79.9. The van der Waals surface area contributed by atoms with Crippen LogP contribution in [0.5, 0.6) is 0 Å². The minimum absolute atomic E-state index is 0.201. The van der Waals surface area contributed by atoms with Gasteiger partial charge < -0.3 is 5.32 Å². The van der Waals surface area contributed by atoms with Gasteiger partial charge in [-0.1, -0.05) is 63.9 Å². The van der Waals surface area contributed by atoms with Crippen LogP contribution in [0.3, 0.4) is 0 Å². The molecule has 3 amide bonds. The highest BCUT2D eigenvalue weighted by Gasteiger charge is 2.49. The number of hydrogen-bond donors (Lipinski definition) is 1. The van der Waals surface area contributed by atoms with Crippen LogP contribution in [-0.2, 0) is 16.9 Å². The molecule has 0 saturated carbocycles. The summed E-state index contributed by atoms with van der Waals surface area (Å²) in [6.45, 7) is 1.88. The van der Waals surface area contributed by atoms with E-state index >= 15 is 0 Å². The monoisotopic (exact) mass is 392 g/mol. The van der Waals surface area contributed by atoms with Gasteiger partial charge in [0.25, 0.3) is 5.91 Å². The summed E-state index contributed by atoms with van der Waals surface area (Å²) in [5.74, 6) is -0.314. The van der Waals surface area contributed by atoms with E-state index in [-0.39, 0.29) is 12.5 Å². The van der Waals surface area contributed by atoms with Gasteiger partial charge >= 0.3 is 6.03 Å². The second-order valence-electron chi connectivity index (χ2n) is 5.52. The summed E-state index contributed by atoms with van der Waals surface area (Å²) < 4.78 is 0.854. The molecule has 0 aliphatic carbocycles. The van der Waals surface area contributed by atoms with Crippen LogP contribution in [-0.4, -0.2) is 16.8 Å². The maximum absolute atomic E-state index is 12.9. The minimum atomic E-state index is -1.16. The van der Waals surface area contributed by atoms with Gasteiger partial charge in [0.05, 0.1) is 6.54 Å². The third kappa shape index (κ3) is 2.75. The fourth-order valence-electron chi connectivity index (χ4n) is 2.69. The van der Waals surface area contributed by atoms with Crippen molar-refractivity contribution in [3.8, 4) is 0 Å². The van der Waals surface area contributed by atoms with Crippen LogP contribution in [0.4, 0.5) is 4.79 Å². The summed E-state index contributed by atoms with van der Waals surface area (Å²) in [5, 5.41) is 3.22. The number of halogens is 2. The summed E-state index contributed by atoms with van der Waals surface area (Å²) in [6.07, 6.45) is 0. The van der Waals surface area contributed by atoms with E-state index in [0.717, 1.165) is 10.0 Å². The van der Waals surface area contributed by atoms with Gasteiger partial charge in [0.2, 0.25) is 0 Å². The van der Waals surface area contributed by atoms with Gasteiger partial charge in [0.15, 0.2) is 0 Å². The number of nitrogens with one attached hydrogen (secondary N) is 1. The topological polar surface area (TPSA) is 49.4 Å². The summed E-state index contributed by atoms with van der Waals surface area (Å²) in [5.41, 5.74) is 0.297. The van der Waals surface area contributed by atoms with E-state index < -0.39 is 11.6 Å². The molecule has 1 aliphatic rings. The lowest BCUT2D eigenvalue weighted by Crippen LogP contribution is -2.41. The van der Waals surface area contributed by atoms with Gasteiger partial charge in [-0.25, -0.2) is 4.79 Å². The molecule has 0 spiro atoms. The van der Waals surface area contributed by atoms with Crippen molar-refractivity contribution in [2.24, 2.45) is 0 Å². The number of amides is 3. The van der Waals surface area contributed by atoms with E-state index in [2.05, 4.69) is 21.2 Å². The molecule has 1 saturated heterocycles. The maximum atomic E-state index is 12.9. The highest BCUT2D eigenvalue weighted by molar-refractivity contribution is 9.10. The molecule has 3 rings (SSSR count). The first-order valence-electron chi connectivity index (χ1n) is 7.06. The van der Waals surface area contributed by atoms with Crippen molar-refractivity contribution >= 4 is 39.5 Å². The number of carbonyl (C=O) groups is 2. The van der Waals surface area contributed by atoms with Crippen LogP contribution in [0.2, 0.25) is 5.02 Å². The quantitative estimate of drug-likeness (QED) is 0.799. The Morgan fingerprint density at radius 2 is 1.78 bits per heavy atom. The number of benzene rings is 2. The Balaban J connectivity index is 1.94. The van der Waals surface area contributed by atoms with E-state index in [4.69, 9.17) is 11.6 Å². The van der Waals surface area contributed by atoms with Crippen LogP contribution in [0.25, 0.3) is 0 Å². The molecule has 1 atom stereocenters. The highest BCUT2D eigenvalue weighted by Crippen LogP contribution is 2.34. The fourth-order valence-corrected chi connectivity index (χ4v) is 3.42. The van der Waals surface area contributed by atoms with Crippen molar-refractivity contribution in [1.82, 2.24) is 10.2 Å². The van der Waals surface area contributed by atoms with Crippen LogP contribution in [0, 0.1) is 0 Å². The molecule has 1 aliphatic heterocycles. The average molecular weight is 394 g/mol. The zero-order valence-corrected chi connectivity index (χ0v) is 14.7. The SMILES string of the molecule is C[C@]1(c2ccccc2Cl)NC(=O)N(Cc2ccccc2Br)C1=O. The van der Waals surface area contributed by atoms with Crippen molar-refractivity contribution in [3.63, 3.8) is 0 Å². The molecule has 0 aromatic heterocycles. The first kappa shape index (κ1) is 16.0. The fraction of sp³-hybridized carbons (Fsp3) is 0.176. The second kappa shape index (κ2) is 5.98. The number of rotatable bonds is 3. The van der Waals surface area contributed by atoms with E-state index in [1.54, 1.807) is 31.2 Å². The molecule has 2 aromatic rings. The maximum Gasteiger partial charge on any atom is 0.325 e. The molecule has 1 heterocycles. The lowest BCUT2D eigenvalue weighted by Gasteiger charge is -2.23. The van der Waals surface area contributed by atoms with E-state index in [9.17, 15) is 9.59 Å². The Morgan fingerprint density at radius 1 is 1.13 bits per heavy atom. The van der Waals surface area contributed by atoms with Gasteiger partial charge in [-0.05, 0) is 24.6 Å². The van der Waals surface area contributed by atoms with Crippen molar-refractivity contribution in [2.75, 3.05) is 0 Å². The van der Waals surface area contributed by atoms with Gasteiger partial charge in [-0.2, -0.15) is 0 Å². The molecule has 6 heteroatoms. The summed E-state index contributed by atoms with van der Waals surface area (Å²) in [7, 11) is 0. The van der Waals surface area contributed by atoms with Crippen molar-refractivity contribution in [3.05, 3.63) is 69.2 Å². The van der Waals surface area contributed by atoms with E-state index in [0.29, 0.717) is 10.6 Å². The van der Waals surface area contributed by atoms with Crippen LogP contribution < -0.4 is 5.32 Å². The third-order valence-electron chi connectivity index (χ3n) is 3.97. The second-order valence-corrected chi connectivity index (χ2v) is 6.78. The van der Waals surface area contributed by atoms with Gasteiger partial charge in [0.1, 0.15) is 5.54 Å². The van der Waals surface area contributed by atoms with Crippen molar-refractivity contribution in [2.45, 2.75) is 19.0 Å². The molecule has 23 heavy (non-hydrogen) atoms. The van der Waals surface area contributed by atoms with Crippen LogP contribution >= 0.6 is 27.5 Å². The lowest BCUT2D eigenvalue weighted by molar-refractivity contribution is -0.131. The number of hydrogen-bond acceptors (Lipinski definition) is 2. The number of carbonyl (C=O) groups excluding carboxylic acids is 2. The molecule has 1 fully saturated rings. The summed E-state index contributed by atoms with van der Waals surface area (Å²) in [6, 6.07) is 14.1. The molecule has 118 valence electrons. The van der Waals surface area contributed by atoms with Crippen LogP contribution in [0.15, 0.2) is 53.0 Å². The lowest BCUT2D eigenvalue weighted by atomic mass is 9.92. The predicted octanol–water partition coefficient (Wildman–Crippen LogP) is 4.07. The average Bonchev–Trinajstić information content (AvgIpc) is 2.74. The van der Waals surface area contributed by atoms with E-state index in [1.807, 2.05) is 24.3 Å². The molecule has 0 unspecified atom stereocenters. The first-order valence-corrected chi connectivity index (χ1v) is 8.23. The number of nitrogens with zero attached hydrogens (tertiary/aromatic N) is 1. The van der Waals surface area contributed by atoms with Gasteiger partial charge in [-0.15, -0.1) is 0 Å². The van der Waals surface area contributed by atoms with Gasteiger partial charge in [-0.3, -0.25) is 9.69 Å². The summed E-state index contributed by atoms with van der Waals surface area (Å²) in [4.78, 5) is 26.4. The minimum Gasteiger partial charge on any atom is -0.319 e. The zero-order chi connectivity index (χ0) is 16.6. The standard InChI is InChI=1S/C17H14BrClN2O2/c1-17(12-7-3-5-9-14(12)19)15(22)21(16(23)20-17)10-11-6-2-4-8-13(11)18/h2-9H,10H2,1H3,(H,20,23)/t17-/m1/s1. The molecule has 1 N–H and O–H groups in total. The molecule has 0 bridgehead atoms. The molecular weight excluding hydrogens is 380 g/mol. The van der Waals surface area contributed by atoms with Crippen molar-refractivity contribution < 1.29 is 9.59 Å². The van der Waals surface area contributed by atoms with Gasteiger partial charge in [0, 0.05) is 15.1 Å². The Bertz CT molecular complexity index is 796. The Morgan fingerprint density at radius 3 is 2.48 bits per heavy atom. The summed E-state index contributed by atoms with van der Waals surface area (Å²) >= 11 is 9.65. The largest absolute Gasteiger partial charge is 0.325 e. The Hall–Kier alpha value is -1.85. The molecule has 4 nitrogen and oxygen atoms in total. The number of urea groups is 1. The first-order chi connectivity index (χ1) is 10.9. The predicted molar refractivity (Wildman–Crippen MR) is 92.0 cm³/mol.